The number of aromatic nitrogens is 4. The number of hydrogen-bond donors (Lipinski definition) is 3. The van der Waals surface area contributed by atoms with E-state index in [-0.39, 0.29) is 36.7 Å². The van der Waals surface area contributed by atoms with Crippen molar-refractivity contribution in [3.63, 3.8) is 0 Å². The van der Waals surface area contributed by atoms with Crippen LogP contribution in [0.25, 0.3) is 0 Å². The maximum Gasteiger partial charge on any atom is 0.230 e. The van der Waals surface area contributed by atoms with Crippen molar-refractivity contribution in [2.45, 2.75) is 70.3 Å². The Morgan fingerprint density at radius 1 is 0.800 bits per heavy atom. The van der Waals surface area contributed by atoms with Crippen molar-refractivity contribution in [1.29, 1.82) is 0 Å². The SMILES string of the molecule is CCc1cccc(CC(=O)Nc2nnc([C@H]3CCC[C@H](c4nnc(NC(=O)Cc5cccc(CO)c5)s4)C3)s2)c1. The second-order valence-electron chi connectivity index (χ2n) is 10.1. The summed E-state index contributed by atoms with van der Waals surface area (Å²) in [6, 6.07) is 15.4. The van der Waals surface area contributed by atoms with E-state index in [9.17, 15) is 14.7 Å². The van der Waals surface area contributed by atoms with Crippen molar-refractivity contribution in [2.24, 2.45) is 0 Å². The molecular weight excluding hydrogens is 544 g/mol. The number of anilines is 2. The molecule has 3 N–H and O–H groups in total. The van der Waals surface area contributed by atoms with Crippen molar-refractivity contribution in [3.05, 3.63) is 80.8 Å². The van der Waals surface area contributed by atoms with Gasteiger partial charge in [0.15, 0.2) is 0 Å². The molecule has 0 unspecified atom stereocenters. The average molecular weight is 577 g/mol. The van der Waals surface area contributed by atoms with Gasteiger partial charge in [0.1, 0.15) is 10.0 Å². The molecule has 2 aromatic carbocycles. The highest BCUT2D eigenvalue weighted by molar-refractivity contribution is 7.15. The molecule has 4 aromatic rings. The van der Waals surface area contributed by atoms with Crippen LogP contribution in [0.5, 0.6) is 0 Å². The van der Waals surface area contributed by atoms with E-state index in [4.69, 9.17) is 0 Å². The Labute approximate surface area is 241 Å². The Bertz CT molecular complexity index is 1360. The fourth-order valence-electron chi connectivity index (χ4n) is 5.03. The summed E-state index contributed by atoms with van der Waals surface area (Å²) in [5, 5.41) is 35.2. The molecule has 5 rings (SSSR count). The number of carbonyl (C=O) groups is 2. The normalized spacial score (nSPS) is 16.9. The summed E-state index contributed by atoms with van der Waals surface area (Å²) in [6.07, 6.45) is 5.38. The first-order chi connectivity index (χ1) is 19.5. The van der Waals surface area contributed by atoms with E-state index in [1.54, 1.807) is 0 Å². The van der Waals surface area contributed by atoms with Gasteiger partial charge < -0.3 is 15.7 Å². The van der Waals surface area contributed by atoms with Crippen LogP contribution in [0.4, 0.5) is 10.3 Å². The molecule has 40 heavy (non-hydrogen) atoms. The number of aliphatic hydroxyl groups excluding tert-OH is 1. The van der Waals surface area contributed by atoms with Crippen molar-refractivity contribution < 1.29 is 14.7 Å². The molecule has 9 nitrogen and oxygen atoms in total. The van der Waals surface area contributed by atoms with Crippen LogP contribution in [0.15, 0.2) is 48.5 Å². The number of amides is 2. The Morgan fingerprint density at radius 2 is 1.30 bits per heavy atom. The van der Waals surface area contributed by atoms with E-state index in [1.807, 2.05) is 36.4 Å². The topological polar surface area (TPSA) is 130 Å². The number of benzene rings is 2. The van der Waals surface area contributed by atoms with Crippen LogP contribution < -0.4 is 10.6 Å². The monoisotopic (exact) mass is 576 g/mol. The lowest BCUT2D eigenvalue weighted by atomic mass is 9.82. The lowest BCUT2D eigenvalue weighted by Gasteiger charge is -2.25. The van der Waals surface area contributed by atoms with Crippen molar-refractivity contribution in [1.82, 2.24) is 20.4 Å². The van der Waals surface area contributed by atoms with Gasteiger partial charge in [-0.05, 0) is 47.9 Å². The summed E-state index contributed by atoms with van der Waals surface area (Å²) in [5.74, 6) is 0.211. The highest BCUT2D eigenvalue weighted by Crippen LogP contribution is 2.43. The quantitative estimate of drug-likeness (QED) is 0.235. The maximum atomic E-state index is 12.6. The zero-order valence-electron chi connectivity index (χ0n) is 22.3. The van der Waals surface area contributed by atoms with Crippen molar-refractivity contribution in [3.8, 4) is 0 Å². The summed E-state index contributed by atoms with van der Waals surface area (Å²) in [4.78, 5) is 25.1. The number of rotatable bonds is 10. The third-order valence-corrected chi connectivity index (χ3v) is 9.05. The number of hydrogen-bond acceptors (Lipinski definition) is 9. The van der Waals surface area contributed by atoms with Gasteiger partial charge in [-0.25, -0.2) is 0 Å². The van der Waals surface area contributed by atoms with E-state index < -0.39 is 0 Å². The van der Waals surface area contributed by atoms with E-state index in [0.29, 0.717) is 16.7 Å². The van der Waals surface area contributed by atoms with Crippen LogP contribution in [-0.4, -0.2) is 37.3 Å². The Kier molecular flexibility index (Phi) is 9.25. The molecule has 2 atom stereocenters. The van der Waals surface area contributed by atoms with E-state index in [2.05, 4.69) is 50.1 Å². The molecule has 0 bridgehead atoms. The lowest BCUT2D eigenvalue weighted by Crippen LogP contribution is -2.14. The van der Waals surface area contributed by atoms with Gasteiger partial charge in [0.05, 0.1) is 19.4 Å². The molecule has 1 aliphatic rings. The molecule has 1 aliphatic carbocycles. The number of aryl methyl sites for hydroxylation is 1. The zero-order valence-corrected chi connectivity index (χ0v) is 23.9. The minimum Gasteiger partial charge on any atom is -0.392 e. The summed E-state index contributed by atoms with van der Waals surface area (Å²) in [5.41, 5.74) is 3.81. The fraction of sp³-hybridized carbons (Fsp3) is 0.379. The molecule has 2 heterocycles. The largest absolute Gasteiger partial charge is 0.392 e. The van der Waals surface area contributed by atoms with E-state index in [0.717, 1.165) is 58.8 Å². The first-order valence-corrected chi connectivity index (χ1v) is 15.1. The summed E-state index contributed by atoms with van der Waals surface area (Å²) in [6.45, 7) is 2.04. The molecule has 208 valence electrons. The minimum absolute atomic E-state index is 0.0569. The molecule has 0 spiro atoms. The van der Waals surface area contributed by atoms with Gasteiger partial charge in [-0.2, -0.15) is 0 Å². The van der Waals surface area contributed by atoms with Crippen LogP contribution in [0, 0.1) is 0 Å². The van der Waals surface area contributed by atoms with Gasteiger partial charge >= 0.3 is 0 Å². The number of nitrogens with one attached hydrogen (secondary N) is 2. The second kappa shape index (κ2) is 13.2. The molecule has 11 heteroatoms. The van der Waals surface area contributed by atoms with E-state index in [1.165, 1.54) is 28.2 Å². The van der Waals surface area contributed by atoms with Crippen LogP contribution in [0.3, 0.4) is 0 Å². The Balaban J connectivity index is 1.14. The predicted octanol–water partition coefficient (Wildman–Crippen LogP) is 5.25. The van der Waals surface area contributed by atoms with Crippen LogP contribution in [0.2, 0.25) is 0 Å². The number of aliphatic hydroxyl groups is 1. The molecule has 0 radical (unpaired) electrons. The van der Waals surface area contributed by atoms with Gasteiger partial charge in [0.25, 0.3) is 0 Å². The molecule has 2 amide bonds. The third kappa shape index (κ3) is 7.35. The molecular formula is C29H32N6O3S2. The van der Waals surface area contributed by atoms with Crippen LogP contribution in [-0.2, 0) is 35.5 Å². The third-order valence-electron chi connectivity index (χ3n) is 7.05. The summed E-state index contributed by atoms with van der Waals surface area (Å²) < 4.78 is 0. The Morgan fingerprint density at radius 3 is 1.82 bits per heavy atom. The van der Waals surface area contributed by atoms with Gasteiger partial charge in [-0.3, -0.25) is 9.59 Å². The average Bonchev–Trinajstić information content (AvgIpc) is 3.63. The smallest absolute Gasteiger partial charge is 0.230 e. The lowest BCUT2D eigenvalue weighted by molar-refractivity contribution is -0.116. The van der Waals surface area contributed by atoms with Gasteiger partial charge in [0.2, 0.25) is 22.1 Å². The van der Waals surface area contributed by atoms with Gasteiger partial charge in [0, 0.05) is 11.8 Å². The van der Waals surface area contributed by atoms with Crippen LogP contribution >= 0.6 is 22.7 Å². The minimum atomic E-state index is -0.166. The predicted molar refractivity (Wildman–Crippen MR) is 157 cm³/mol. The standard InChI is InChI=1S/C29H32N6O3S2/c1-2-18-6-3-7-19(12-18)14-24(37)30-28-34-32-26(39-28)22-10-5-11-23(16-22)27-33-35-29(40-27)31-25(38)15-20-8-4-9-21(13-20)17-36/h3-4,6-9,12-13,22-23,36H,2,5,10-11,14-17H2,1H3,(H,30,34,37)(H,31,35,38)/t22-,23-/m0/s1. The Hall–Kier alpha value is -3.54. The fourth-order valence-corrected chi connectivity index (χ4v) is 6.85. The first kappa shape index (κ1) is 28.0. The second-order valence-corrected chi connectivity index (χ2v) is 12.1. The van der Waals surface area contributed by atoms with Crippen molar-refractivity contribution in [2.75, 3.05) is 10.6 Å². The number of nitrogens with zero attached hydrogens (tertiary/aromatic N) is 4. The summed E-state index contributed by atoms with van der Waals surface area (Å²) >= 11 is 2.86. The number of carbonyl (C=O) groups excluding carboxylic acids is 2. The zero-order chi connectivity index (χ0) is 27.9. The van der Waals surface area contributed by atoms with Crippen molar-refractivity contribution >= 4 is 44.8 Å². The first-order valence-electron chi connectivity index (χ1n) is 13.5. The highest BCUT2D eigenvalue weighted by atomic mass is 32.1. The van der Waals surface area contributed by atoms with Gasteiger partial charge in [-0.1, -0.05) is 84.5 Å². The summed E-state index contributed by atoms with van der Waals surface area (Å²) in [7, 11) is 0. The van der Waals surface area contributed by atoms with Gasteiger partial charge in [-0.15, -0.1) is 20.4 Å². The molecule has 0 saturated heterocycles. The maximum absolute atomic E-state index is 12.6. The molecule has 1 saturated carbocycles. The van der Waals surface area contributed by atoms with E-state index >= 15 is 0 Å². The highest BCUT2D eigenvalue weighted by Gasteiger charge is 2.29. The molecule has 0 aliphatic heterocycles. The van der Waals surface area contributed by atoms with Crippen LogP contribution in [0.1, 0.15) is 76.7 Å². The molecule has 1 fully saturated rings. The molecule has 2 aromatic heterocycles.